The maximum absolute atomic E-state index is 13.4. The summed E-state index contributed by atoms with van der Waals surface area (Å²) in [5, 5.41) is 0.965. The van der Waals surface area contributed by atoms with Gasteiger partial charge in [-0.1, -0.05) is 42.1 Å². The van der Waals surface area contributed by atoms with Gasteiger partial charge in [0.15, 0.2) is 10.9 Å². The van der Waals surface area contributed by atoms with E-state index in [1.807, 2.05) is 69.3 Å². The first-order valence-electron chi connectivity index (χ1n) is 10.3. The summed E-state index contributed by atoms with van der Waals surface area (Å²) >= 11 is 1.26. The van der Waals surface area contributed by atoms with Gasteiger partial charge in [0.2, 0.25) is 0 Å². The van der Waals surface area contributed by atoms with Crippen LogP contribution in [0.1, 0.15) is 27.0 Å². The second-order valence-electron chi connectivity index (χ2n) is 7.69. The molecule has 0 atom stereocenters. The van der Waals surface area contributed by atoms with Crippen LogP contribution in [0.15, 0.2) is 70.6 Å². The first-order valence-corrected chi connectivity index (χ1v) is 11.3. The lowest BCUT2D eigenvalue weighted by molar-refractivity contribution is 0.102. The highest BCUT2D eigenvalue weighted by molar-refractivity contribution is 7.99. The van der Waals surface area contributed by atoms with Crippen LogP contribution in [0.2, 0.25) is 0 Å². The Morgan fingerprint density at radius 1 is 0.969 bits per heavy atom. The molecule has 0 bridgehead atoms. The fourth-order valence-electron chi connectivity index (χ4n) is 3.70. The number of rotatable bonds is 6. The predicted molar refractivity (Wildman–Crippen MR) is 130 cm³/mol. The number of fused-ring (bicyclic) bond motifs is 1. The van der Waals surface area contributed by atoms with Gasteiger partial charge >= 0.3 is 0 Å². The molecule has 32 heavy (non-hydrogen) atoms. The largest absolute Gasteiger partial charge is 0.495 e. The molecule has 4 rings (SSSR count). The monoisotopic (exact) mass is 444 g/mol. The van der Waals surface area contributed by atoms with Gasteiger partial charge in [-0.25, -0.2) is 4.98 Å². The van der Waals surface area contributed by atoms with Gasteiger partial charge in [0.05, 0.1) is 29.5 Å². The number of aryl methyl sites for hydroxylation is 3. The molecule has 6 heteroatoms. The van der Waals surface area contributed by atoms with E-state index in [-0.39, 0.29) is 17.1 Å². The molecule has 0 radical (unpaired) electrons. The van der Waals surface area contributed by atoms with Crippen LogP contribution in [-0.4, -0.2) is 28.2 Å². The van der Waals surface area contributed by atoms with Crippen LogP contribution in [0.4, 0.5) is 0 Å². The molecule has 3 aromatic carbocycles. The van der Waals surface area contributed by atoms with Gasteiger partial charge in [-0.05, 0) is 67.8 Å². The lowest BCUT2D eigenvalue weighted by atomic mass is 9.99. The zero-order valence-corrected chi connectivity index (χ0v) is 19.3. The van der Waals surface area contributed by atoms with E-state index in [9.17, 15) is 9.59 Å². The van der Waals surface area contributed by atoms with E-state index in [1.165, 1.54) is 16.3 Å². The minimum absolute atomic E-state index is 0.00424. The Hall–Kier alpha value is -3.38. The fourth-order valence-corrected chi connectivity index (χ4v) is 4.59. The lowest BCUT2D eigenvalue weighted by Crippen LogP contribution is -2.22. The van der Waals surface area contributed by atoms with Crippen molar-refractivity contribution in [2.75, 3.05) is 12.9 Å². The van der Waals surface area contributed by atoms with Crippen LogP contribution >= 0.6 is 11.8 Å². The SMILES string of the molecule is COc1ccccc1-n1c(SCC(=O)c2cc(C)c(C)cc2C)nc2ccccc2c1=O. The molecule has 0 amide bonds. The summed E-state index contributed by atoms with van der Waals surface area (Å²) in [6.07, 6.45) is 0. The Kier molecular flexibility index (Phi) is 6.15. The molecular formula is C26H24N2O3S. The Morgan fingerprint density at radius 2 is 1.66 bits per heavy atom. The van der Waals surface area contributed by atoms with E-state index in [0.29, 0.717) is 33.1 Å². The highest BCUT2D eigenvalue weighted by Gasteiger charge is 2.18. The molecule has 162 valence electrons. The number of ether oxygens (including phenoxy) is 1. The third kappa shape index (κ3) is 4.06. The van der Waals surface area contributed by atoms with Gasteiger partial charge in [-0.15, -0.1) is 0 Å². The average Bonchev–Trinajstić information content (AvgIpc) is 2.80. The maximum atomic E-state index is 13.4. The zero-order chi connectivity index (χ0) is 22.8. The van der Waals surface area contributed by atoms with Crippen LogP contribution in [0.25, 0.3) is 16.6 Å². The van der Waals surface area contributed by atoms with Crippen LogP contribution in [0.3, 0.4) is 0 Å². The van der Waals surface area contributed by atoms with Gasteiger partial charge in [0.25, 0.3) is 5.56 Å². The van der Waals surface area contributed by atoms with E-state index >= 15 is 0 Å². The summed E-state index contributed by atoms with van der Waals surface area (Å²) in [7, 11) is 1.57. The van der Waals surface area contributed by atoms with Gasteiger partial charge in [-0.3, -0.25) is 14.2 Å². The van der Waals surface area contributed by atoms with Crippen molar-refractivity contribution in [3.8, 4) is 11.4 Å². The van der Waals surface area contributed by atoms with Crippen molar-refractivity contribution >= 4 is 28.4 Å². The van der Waals surface area contributed by atoms with Crippen molar-refractivity contribution in [3.05, 3.63) is 93.3 Å². The van der Waals surface area contributed by atoms with E-state index < -0.39 is 0 Å². The van der Waals surface area contributed by atoms with Crippen molar-refractivity contribution < 1.29 is 9.53 Å². The first-order chi connectivity index (χ1) is 15.4. The minimum atomic E-state index is -0.197. The zero-order valence-electron chi connectivity index (χ0n) is 18.5. The molecule has 0 spiro atoms. The maximum Gasteiger partial charge on any atom is 0.266 e. The summed E-state index contributed by atoms with van der Waals surface area (Å²) < 4.78 is 7.03. The third-order valence-electron chi connectivity index (χ3n) is 5.54. The van der Waals surface area contributed by atoms with Gasteiger partial charge in [-0.2, -0.15) is 0 Å². The van der Waals surface area contributed by atoms with Crippen molar-refractivity contribution in [3.63, 3.8) is 0 Å². The topological polar surface area (TPSA) is 61.2 Å². The smallest absolute Gasteiger partial charge is 0.266 e. The molecule has 1 heterocycles. The minimum Gasteiger partial charge on any atom is -0.495 e. The fraction of sp³-hybridized carbons (Fsp3) is 0.192. The number of benzene rings is 3. The third-order valence-corrected chi connectivity index (χ3v) is 6.48. The highest BCUT2D eigenvalue weighted by Crippen LogP contribution is 2.28. The van der Waals surface area contributed by atoms with Crippen molar-refractivity contribution in [2.45, 2.75) is 25.9 Å². The predicted octanol–water partition coefficient (Wildman–Crippen LogP) is 5.29. The van der Waals surface area contributed by atoms with Gasteiger partial charge in [0, 0.05) is 5.56 Å². The molecule has 1 aromatic heterocycles. The number of aromatic nitrogens is 2. The molecular weight excluding hydrogens is 420 g/mol. The van der Waals surface area contributed by atoms with E-state index in [0.717, 1.165) is 16.7 Å². The summed E-state index contributed by atoms with van der Waals surface area (Å²) in [5.74, 6) is 0.734. The highest BCUT2D eigenvalue weighted by atomic mass is 32.2. The number of para-hydroxylation sites is 3. The van der Waals surface area contributed by atoms with Crippen molar-refractivity contribution in [1.29, 1.82) is 0 Å². The van der Waals surface area contributed by atoms with E-state index in [4.69, 9.17) is 9.72 Å². The number of methoxy groups -OCH3 is 1. The molecule has 0 aliphatic heterocycles. The lowest BCUT2D eigenvalue weighted by Gasteiger charge is -2.16. The molecule has 0 aliphatic carbocycles. The number of hydrogen-bond donors (Lipinski definition) is 0. The Morgan fingerprint density at radius 3 is 2.44 bits per heavy atom. The van der Waals surface area contributed by atoms with Crippen LogP contribution in [0.5, 0.6) is 5.75 Å². The van der Waals surface area contributed by atoms with E-state index in [2.05, 4.69) is 0 Å². The summed E-state index contributed by atoms with van der Waals surface area (Å²) in [5.41, 5.74) is 4.89. The Labute approximate surface area is 191 Å². The second kappa shape index (κ2) is 9.01. The molecule has 0 saturated carbocycles. The van der Waals surface area contributed by atoms with Gasteiger partial charge in [0.1, 0.15) is 5.75 Å². The number of hydrogen-bond acceptors (Lipinski definition) is 5. The second-order valence-corrected chi connectivity index (χ2v) is 8.63. The standard InChI is InChI=1S/C26H24N2O3S/c1-16-13-18(3)20(14-17(16)2)23(29)15-32-26-27-21-10-6-5-9-19(21)25(30)28(26)22-11-7-8-12-24(22)31-4/h5-14H,15H2,1-4H3. The molecule has 0 aliphatic rings. The first kappa shape index (κ1) is 21.8. The Balaban J connectivity index is 1.79. The normalized spacial score (nSPS) is 11.0. The van der Waals surface area contributed by atoms with Crippen LogP contribution in [-0.2, 0) is 0 Å². The molecule has 4 aromatic rings. The number of Topliss-reactive ketones (excluding diaryl/α,β-unsaturated/α-hetero) is 1. The number of nitrogens with zero attached hydrogens (tertiary/aromatic N) is 2. The van der Waals surface area contributed by atoms with Crippen LogP contribution < -0.4 is 10.3 Å². The summed E-state index contributed by atoms with van der Waals surface area (Å²) in [6, 6.07) is 18.5. The van der Waals surface area contributed by atoms with E-state index in [1.54, 1.807) is 19.2 Å². The number of carbonyl (C=O) groups excluding carboxylic acids is 1. The average molecular weight is 445 g/mol. The number of ketones is 1. The summed E-state index contributed by atoms with van der Waals surface area (Å²) in [6.45, 7) is 5.99. The van der Waals surface area contributed by atoms with Crippen LogP contribution in [0, 0.1) is 20.8 Å². The number of thioether (sulfide) groups is 1. The quantitative estimate of drug-likeness (QED) is 0.230. The molecule has 0 unspecified atom stereocenters. The summed E-state index contributed by atoms with van der Waals surface area (Å²) in [4.78, 5) is 31.2. The molecule has 0 saturated heterocycles. The van der Waals surface area contributed by atoms with Crippen molar-refractivity contribution in [2.24, 2.45) is 0 Å². The van der Waals surface area contributed by atoms with Gasteiger partial charge < -0.3 is 4.74 Å². The molecule has 0 fully saturated rings. The van der Waals surface area contributed by atoms with Crippen molar-refractivity contribution in [1.82, 2.24) is 9.55 Å². The number of carbonyl (C=O) groups is 1. The molecule has 5 nitrogen and oxygen atoms in total. The molecule has 0 N–H and O–H groups in total. The Bertz CT molecular complexity index is 1390.